The number of carboxylic acid groups (broad SMARTS) is 1. The summed E-state index contributed by atoms with van der Waals surface area (Å²) < 4.78 is 6.64. The van der Waals surface area contributed by atoms with Gasteiger partial charge in [0.15, 0.2) is 5.69 Å². The molecule has 1 N–H and O–H groups in total. The highest BCUT2D eigenvalue weighted by Crippen LogP contribution is 2.10. The topological polar surface area (TPSA) is 77.2 Å². The second-order valence-electron chi connectivity index (χ2n) is 4.34. The molecule has 0 saturated carbocycles. The molecule has 0 fully saturated rings. The average molecular weight is 241 g/mol. The highest BCUT2D eigenvalue weighted by atomic mass is 16.5. The minimum absolute atomic E-state index is 0.0332. The first kappa shape index (κ1) is 13.6. The molecule has 0 aromatic carbocycles. The van der Waals surface area contributed by atoms with E-state index in [1.165, 1.54) is 0 Å². The van der Waals surface area contributed by atoms with Crippen molar-refractivity contribution in [3.63, 3.8) is 0 Å². The molecule has 0 unspecified atom stereocenters. The van der Waals surface area contributed by atoms with Gasteiger partial charge in [0.05, 0.1) is 12.3 Å². The Morgan fingerprint density at radius 3 is 2.76 bits per heavy atom. The number of carboxylic acids is 1. The smallest absolute Gasteiger partial charge is 0.358 e. The van der Waals surface area contributed by atoms with Gasteiger partial charge in [-0.25, -0.2) is 9.48 Å². The summed E-state index contributed by atoms with van der Waals surface area (Å²) >= 11 is 0. The zero-order chi connectivity index (χ0) is 12.8. The van der Waals surface area contributed by atoms with Crippen LogP contribution in [0.15, 0.2) is 0 Å². The van der Waals surface area contributed by atoms with Gasteiger partial charge in [0.2, 0.25) is 0 Å². The standard InChI is InChI=1S/C11H19N3O3/c1-8(2)4-6-14-9(5-7-17-3)10(11(15)16)12-13-14/h8H,4-7H2,1-3H3,(H,15,16). The van der Waals surface area contributed by atoms with Crippen molar-refractivity contribution in [2.24, 2.45) is 5.92 Å². The molecule has 0 amide bonds. The zero-order valence-corrected chi connectivity index (χ0v) is 10.5. The summed E-state index contributed by atoms with van der Waals surface area (Å²) in [5.41, 5.74) is 0.672. The Morgan fingerprint density at radius 2 is 2.24 bits per heavy atom. The van der Waals surface area contributed by atoms with Crippen molar-refractivity contribution in [1.29, 1.82) is 0 Å². The molecule has 1 rings (SSSR count). The Kier molecular flexibility index (Phi) is 5.09. The number of aryl methyl sites for hydroxylation is 1. The van der Waals surface area contributed by atoms with Crippen molar-refractivity contribution in [3.05, 3.63) is 11.4 Å². The van der Waals surface area contributed by atoms with E-state index in [4.69, 9.17) is 9.84 Å². The second kappa shape index (κ2) is 6.34. The Morgan fingerprint density at radius 1 is 1.53 bits per heavy atom. The van der Waals surface area contributed by atoms with Crippen LogP contribution in [0, 0.1) is 5.92 Å². The van der Waals surface area contributed by atoms with Crippen LogP contribution < -0.4 is 0 Å². The highest BCUT2D eigenvalue weighted by Gasteiger charge is 2.18. The predicted molar refractivity (Wildman–Crippen MR) is 62.0 cm³/mol. The zero-order valence-electron chi connectivity index (χ0n) is 10.5. The molecule has 0 aliphatic rings. The number of carbonyl (C=O) groups is 1. The van der Waals surface area contributed by atoms with Crippen LogP contribution in [0.3, 0.4) is 0 Å². The summed E-state index contributed by atoms with van der Waals surface area (Å²) in [5, 5.41) is 16.6. The van der Waals surface area contributed by atoms with Crippen LogP contribution in [0.2, 0.25) is 0 Å². The minimum Gasteiger partial charge on any atom is -0.476 e. The molecule has 17 heavy (non-hydrogen) atoms. The largest absolute Gasteiger partial charge is 0.476 e. The average Bonchev–Trinajstić information content (AvgIpc) is 2.66. The Labute approximate surface area is 101 Å². The van der Waals surface area contributed by atoms with Gasteiger partial charge < -0.3 is 9.84 Å². The number of methoxy groups -OCH3 is 1. The number of hydrogen-bond donors (Lipinski definition) is 1. The number of aromatic carboxylic acids is 1. The van der Waals surface area contributed by atoms with E-state index in [-0.39, 0.29) is 5.69 Å². The molecule has 6 nitrogen and oxygen atoms in total. The summed E-state index contributed by atoms with van der Waals surface area (Å²) in [6, 6.07) is 0. The molecule has 1 heterocycles. The van der Waals surface area contributed by atoms with Gasteiger partial charge in [-0.15, -0.1) is 5.10 Å². The lowest BCUT2D eigenvalue weighted by atomic mass is 10.1. The monoisotopic (exact) mass is 241 g/mol. The van der Waals surface area contributed by atoms with Gasteiger partial charge in [-0.1, -0.05) is 19.1 Å². The molecule has 1 aromatic rings. The van der Waals surface area contributed by atoms with Crippen LogP contribution in [0.5, 0.6) is 0 Å². The summed E-state index contributed by atoms with van der Waals surface area (Å²) in [6.07, 6.45) is 1.46. The highest BCUT2D eigenvalue weighted by molar-refractivity contribution is 5.86. The molecular weight excluding hydrogens is 222 g/mol. The Hall–Kier alpha value is -1.43. The van der Waals surface area contributed by atoms with Crippen LogP contribution in [0.1, 0.15) is 36.5 Å². The van der Waals surface area contributed by atoms with Crippen LogP contribution in [0.4, 0.5) is 0 Å². The lowest BCUT2D eigenvalue weighted by Gasteiger charge is -2.08. The van der Waals surface area contributed by atoms with E-state index in [2.05, 4.69) is 24.2 Å². The molecule has 0 aliphatic heterocycles. The first-order valence-corrected chi connectivity index (χ1v) is 5.70. The molecule has 0 aliphatic carbocycles. The molecular formula is C11H19N3O3. The van der Waals surface area contributed by atoms with Gasteiger partial charge in [0, 0.05) is 20.1 Å². The molecule has 1 aromatic heterocycles. The van der Waals surface area contributed by atoms with Crippen LogP contribution in [-0.2, 0) is 17.7 Å². The Bertz CT molecular complexity index is 374. The molecule has 0 atom stereocenters. The van der Waals surface area contributed by atoms with Gasteiger partial charge in [-0.2, -0.15) is 0 Å². The van der Waals surface area contributed by atoms with Gasteiger partial charge >= 0.3 is 5.97 Å². The van der Waals surface area contributed by atoms with Gasteiger partial charge in [0.25, 0.3) is 0 Å². The van der Waals surface area contributed by atoms with Gasteiger partial charge in [-0.3, -0.25) is 0 Å². The van der Waals surface area contributed by atoms with E-state index < -0.39 is 5.97 Å². The third-order valence-electron chi connectivity index (χ3n) is 2.50. The molecule has 0 radical (unpaired) electrons. The lowest BCUT2D eigenvalue weighted by Crippen LogP contribution is -2.12. The normalized spacial score (nSPS) is 11.1. The van der Waals surface area contributed by atoms with E-state index in [1.54, 1.807) is 11.8 Å². The van der Waals surface area contributed by atoms with E-state index in [9.17, 15) is 4.79 Å². The summed E-state index contributed by atoms with van der Waals surface area (Å²) in [5.74, 6) is -0.491. The van der Waals surface area contributed by atoms with Crippen molar-refractivity contribution < 1.29 is 14.6 Å². The minimum atomic E-state index is -1.04. The Balaban J connectivity index is 2.84. The number of ether oxygens (including phenoxy) is 1. The number of nitrogens with zero attached hydrogens (tertiary/aromatic N) is 3. The molecule has 6 heteroatoms. The van der Waals surface area contributed by atoms with E-state index in [0.717, 1.165) is 6.42 Å². The van der Waals surface area contributed by atoms with Crippen molar-refractivity contribution in [2.45, 2.75) is 33.2 Å². The van der Waals surface area contributed by atoms with E-state index in [1.807, 2.05) is 0 Å². The summed E-state index contributed by atoms with van der Waals surface area (Å²) in [4.78, 5) is 11.0. The summed E-state index contributed by atoms with van der Waals surface area (Å²) in [6.45, 7) is 5.39. The quantitative estimate of drug-likeness (QED) is 0.776. The molecule has 96 valence electrons. The first-order chi connectivity index (χ1) is 8.06. The van der Waals surface area contributed by atoms with Crippen molar-refractivity contribution in [1.82, 2.24) is 15.0 Å². The molecule has 0 bridgehead atoms. The summed E-state index contributed by atoms with van der Waals surface area (Å²) in [7, 11) is 1.59. The van der Waals surface area contributed by atoms with Crippen molar-refractivity contribution in [3.8, 4) is 0 Å². The maximum absolute atomic E-state index is 11.0. The van der Waals surface area contributed by atoms with Crippen LogP contribution in [-0.4, -0.2) is 39.8 Å². The second-order valence-corrected chi connectivity index (χ2v) is 4.34. The fourth-order valence-corrected chi connectivity index (χ4v) is 1.51. The van der Waals surface area contributed by atoms with E-state index in [0.29, 0.717) is 31.2 Å². The maximum Gasteiger partial charge on any atom is 0.358 e. The van der Waals surface area contributed by atoms with E-state index >= 15 is 0 Å². The molecule has 0 saturated heterocycles. The SMILES string of the molecule is COCCc1c(C(=O)O)nnn1CCC(C)C. The third kappa shape index (κ3) is 3.81. The fraction of sp³-hybridized carbons (Fsp3) is 0.727. The van der Waals surface area contributed by atoms with Crippen molar-refractivity contribution in [2.75, 3.05) is 13.7 Å². The van der Waals surface area contributed by atoms with Gasteiger partial charge in [-0.05, 0) is 12.3 Å². The lowest BCUT2D eigenvalue weighted by molar-refractivity contribution is 0.0688. The fourth-order valence-electron chi connectivity index (χ4n) is 1.51. The number of aromatic nitrogens is 3. The number of hydrogen-bond acceptors (Lipinski definition) is 4. The first-order valence-electron chi connectivity index (χ1n) is 5.70. The van der Waals surface area contributed by atoms with Crippen molar-refractivity contribution >= 4 is 5.97 Å². The molecule has 0 spiro atoms. The number of rotatable bonds is 7. The van der Waals surface area contributed by atoms with Gasteiger partial charge in [0.1, 0.15) is 0 Å². The maximum atomic E-state index is 11.0. The predicted octanol–water partition coefficient (Wildman–Crippen LogP) is 1.21. The van der Waals surface area contributed by atoms with Crippen LogP contribution in [0.25, 0.3) is 0 Å². The third-order valence-corrected chi connectivity index (χ3v) is 2.50. The van der Waals surface area contributed by atoms with Crippen LogP contribution >= 0.6 is 0 Å².